The summed E-state index contributed by atoms with van der Waals surface area (Å²) in [6.45, 7) is 2.46. The average molecular weight is 320 g/mol. The number of thiazole rings is 1. The second-order valence-electron chi connectivity index (χ2n) is 4.17. The highest BCUT2D eigenvalue weighted by Crippen LogP contribution is 2.24. The Kier molecular flexibility index (Phi) is 4.84. The zero-order valence-corrected chi connectivity index (χ0v) is 12.6. The molecule has 0 aliphatic heterocycles. The van der Waals surface area contributed by atoms with Gasteiger partial charge in [0.1, 0.15) is 11.5 Å². The fourth-order valence-electron chi connectivity index (χ4n) is 1.61. The first kappa shape index (κ1) is 15.6. The third kappa shape index (κ3) is 4.38. The van der Waals surface area contributed by atoms with Gasteiger partial charge in [-0.3, -0.25) is 19.7 Å². The molecule has 1 amide bonds. The summed E-state index contributed by atoms with van der Waals surface area (Å²) >= 11 is 1.26. The Morgan fingerprint density at radius 3 is 2.09 bits per heavy atom. The smallest absolute Gasteiger partial charge is 0.308 e. The standard InChI is InChI=1S/C14H12N2O5S/c1-8(17)20-11-5-10(6-12(7-11)21-9(2)18)13(19)16-14-15-3-4-22-14/h3-7H,1-2H3,(H,15,16,19). The number of aromatic nitrogens is 1. The highest BCUT2D eigenvalue weighted by Gasteiger charge is 2.13. The monoisotopic (exact) mass is 320 g/mol. The van der Waals surface area contributed by atoms with Crippen LogP contribution in [0.15, 0.2) is 29.8 Å². The summed E-state index contributed by atoms with van der Waals surface area (Å²) in [4.78, 5) is 38.2. The molecule has 0 saturated heterocycles. The highest BCUT2D eigenvalue weighted by molar-refractivity contribution is 7.13. The van der Waals surface area contributed by atoms with Gasteiger partial charge in [-0.2, -0.15) is 0 Å². The van der Waals surface area contributed by atoms with Crippen molar-refractivity contribution in [3.05, 3.63) is 35.3 Å². The van der Waals surface area contributed by atoms with Crippen LogP contribution in [0.2, 0.25) is 0 Å². The number of nitrogens with one attached hydrogen (secondary N) is 1. The van der Waals surface area contributed by atoms with Gasteiger partial charge in [-0.1, -0.05) is 0 Å². The number of rotatable bonds is 4. The van der Waals surface area contributed by atoms with Crippen LogP contribution in [0.5, 0.6) is 11.5 Å². The summed E-state index contributed by atoms with van der Waals surface area (Å²) in [7, 11) is 0. The number of carbonyl (C=O) groups is 3. The van der Waals surface area contributed by atoms with Gasteiger partial charge in [0.2, 0.25) is 0 Å². The molecule has 7 nitrogen and oxygen atoms in total. The fourth-order valence-corrected chi connectivity index (χ4v) is 2.13. The number of amides is 1. The summed E-state index contributed by atoms with van der Waals surface area (Å²) in [5.74, 6) is -1.35. The minimum atomic E-state index is -0.550. The number of ether oxygens (including phenoxy) is 2. The van der Waals surface area contributed by atoms with E-state index in [2.05, 4.69) is 10.3 Å². The lowest BCUT2D eigenvalue weighted by Gasteiger charge is -2.09. The molecule has 0 aliphatic rings. The molecule has 1 heterocycles. The molecule has 1 aromatic carbocycles. The Labute approximate surface area is 129 Å². The summed E-state index contributed by atoms with van der Waals surface area (Å²) in [6.07, 6.45) is 1.56. The maximum Gasteiger partial charge on any atom is 0.308 e. The molecule has 0 spiro atoms. The number of hydrogen-bond donors (Lipinski definition) is 1. The van der Waals surface area contributed by atoms with Crippen LogP contribution >= 0.6 is 11.3 Å². The first-order valence-electron chi connectivity index (χ1n) is 6.17. The molecule has 0 saturated carbocycles. The minimum Gasteiger partial charge on any atom is -0.427 e. The molecule has 0 radical (unpaired) electrons. The highest BCUT2D eigenvalue weighted by atomic mass is 32.1. The molecular formula is C14H12N2O5S. The van der Waals surface area contributed by atoms with Gasteiger partial charge in [-0.15, -0.1) is 11.3 Å². The Bertz CT molecular complexity index is 678. The van der Waals surface area contributed by atoms with Crippen molar-refractivity contribution in [1.82, 2.24) is 4.98 Å². The lowest BCUT2D eigenvalue weighted by atomic mass is 10.2. The molecule has 0 aliphatic carbocycles. The Balaban J connectivity index is 2.29. The van der Waals surface area contributed by atoms with Crippen LogP contribution in [-0.4, -0.2) is 22.8 Å². The van der Waals surface area contributed by atoms with E-state index in [9.17, 15) is 14.4 Å². The van der Waals surface area contributed by atoms with Crippen LogP contribution in [-0.2, 0) is 9.59 Å². The molecule has 0 fully saturated rings. The van der Waals surface area contributed by atoms with Gasteiger partial charge in [0.05, 0.1) is 0 Å². The molecule has 0 unspecified atom stereocenters. The van der Waals surface area contributed by atoms with Crippen LogP contribution in [0.4, 0.5) is 5.13 Å². The van der Waals surface area contributed by atoms with Gasteiger partial charge < -0.3 is 9.47 Å². The van der Waals surface area contributed by atoms with E-state index in [1.807, 2.05) is 0 Å². The van der Waals surface area contributed by atoms with E-state index < -0.39 is 17.8 Å². The average Bonchev–Trinajstić information content (AvgIpc) is 2.89. The maximum atomic E-state index is 12.2. The molecule has 114 valence electrons. The van der Waals surface area contributed by atoms with Crippen LogP contribution in [0.3, 0.4) is 0 Å². The van der Waals surface area contributed by atoms with Crippen molar-refractivity contribution in [3.63, 3.8) is 0 Å². The fraction of sp³-hybridized carbons (Fsp3) is 0.143. The summed E-state index contributed by atoms with van der Waals surface area (Å²) in [5, 5.41) is 4.73. The van der Waals surface area contributed by atoms with E-state index in [1.165, 1.54) is 43.4 Å². The number of benzene rings is 1. The third-order valence-electron chi connectivity index (χ3n) is 2.32. The first-order valence-corrected chi connectivity index (χ1v) is 7.05. The normalized spacial score (nSPS) is 9.91. The number of hydrogen-bond acceptors (Lipinski definition) is 7. The molecule has 2 rings (SSSR count). The molecule has 0 bridgehead atoms. The van der Waals surface area contributed by atoms with Crippen molar-refractivity contribution in [2.75, 3.05) is 5.32 Å². The SMILES string of the molecule is CC(=O)Oc1cc(OC(C)=O)cc(C(=O)Nc2nccs2)c1. The molecule has 1 N–H and O–H groups in total. The molecule has 2 aromatic rings. The van der Waals surface area contributed by atoms with E-state index in [0.29, 0.717) is 5.13 Å². The summed E-state index contributed by atoms with van der Waals surface area (Å²) in [6, 6.07) is 4.09. The number of nitrogens with zero attached hydrogens (tertiary/aromatic N) is 1. The van der Waals surface area contributed by atoms with Crippen LogP contribution in [0.1, 0.15) is 24.2 Å². The largest absolute Gasteiger partial charge is 0.427 e. The Morgan fingerprint density at radius 1 is 1.05 bits per heavy atom. The quantitative estimate of drug-likeness (QED) is 0.686. The van der Waals surface area contributed by atoms with E-state index in [1.54, 1.807) is 11.6 Å². The first-order chi connectivity index (χ1) is 10.4. The van der Waals surface area contributed by atoms with Crippen molar-refractivity contribution < 1.29 is 23.9 Å². The summed E-state index contributed by atoms with van der Waals surface area (Å²) in [5.41, 5.74) is 0.171. The molecule has 0 atom stereocenters. The Hall–Kier alpha value is -2.74. The lowest BCUT2D eigenvalue weighted by Crippen LogP contribution is -2.13. The maximum absolute atomic E-state index is 12.2. The van der Waals surface area contributed by atoms with E-state index in [-0.39, 0.29) is 17.1 Å². The van der Waals surface area contributed by atoms with Crippen molar-refractivity contribution >= 4 is 34.3 Å². The van der Waals surface area contributed by atoms with E-state index >= 15 is 0 Å². The van der Waals surface area contributed by atoms with Gasteiger partial charge in [0, 0.05) is 37.1 Å². The van der Waals surface area contributed by atoms with Gasteiger partial charge in [0.25, 0.3) is 5.91 Å². The predicted octanol–water partition coefficient (Wildman–Crippen LogP) is 2.25. The predicted molar refractivity (Wildman–Crippen MR) is 79.1 cm³/mol. The molecule has 22 heavy (non-hydrogen) atoms. The van der Waals surface area contributed by atoms with E-state index in [4.69, 9.17) is 9.47 Å². The summed E-state index contributed by atoms with van der Waals surface area (Å²) < 4.78 is 9.88. The van der Waals surface area contributed by atoms with Gasteiger partial charge >= 0.3 is 11.9 Å². The van der Waals surface area contributed by atoms with Crippen molar-refractivity contribution in [3.8, 4) is 11.5 Å². The number of anilines is 1. The molecule has 1 aromatic heterocycles. The molecule has 8 heteroatoms. The van der Waals surface area contributed by atoms with Gasteiger partial charge in [0.15, 0.2) is 5.13 Å². The molecular weight excluding hydrogens is 308 g/mol. The topological polar surface area (TPSA) is 94.6 Å². The number of esters is 2. The second kappa shape index (κ2) is 6.81. The zero-order chi connectivity index (χ0) is 16.1. The number of carbonyl (C=O) groups excluding carboxylic acids is 3. The minimum absolute atomic E-state index is 0.107. The van der Waals surface area contributed by atoms with Crippen LogP contribution in [0.25, 0.3) is 0 Å². The Morgan fingerprint density at radius 2 is 1.64 bits per heavy atom. The van der Waals surface area contributed by atoms with Gasteiger partial charge in [-0.25, -0.2) is 4.98 Å². The lowest BCUT2D eigenvalue weighted by molar-refractivity contribution is -0.132. The third-order valence-corrected chi connectivity index (χ3v) is 3.01. The van der Waals surface area contributed by atoms with Crippen LogP contribution < -0.4 is 14.8 Å². The van der Waals surface area contributed by atoms with Gasteiger partial charge in [-0.05, 0) is 12.1 Å². The van der Waals surface area contributed by atoms with Crippen molar-refractivity contribution in [2.24, 2.45) is 0 Å². The van der Waals surface area contributed by atoms with Crippen LogP contribution in [0, 0.1) is 0 Å². The van der Waals surface area contributed by atoms with Crippen molar-refractivity contribution in [1.29, 1.82) is 0 Å². The zero-order valence-electron chi connectivity index (χ0n) is 11.8. The van der Waals surface area contributed by atoms with E-state index in [0.717, 1.165) is 0 Å². The van der Waals surface area contributed by atoms with Crippen molar-refractivity contribution in [2.45, 2.75) is 13.8 Å². The second-order valence-corrected chi connectivity index (χ2v) is 5.07.